The van der Waals surface area contributed by atoms with Gasteiger partial charge in [0.25, 0.3) is 14.4 Å². The topological polar surface area (TPSA) is 111 Å². The Morgan fingerprint density at radius 2 is 2.12 bits per heavy atom. The fourth-order valence-electron chi connectivity index (χ4n) is 0.889. The highest BCUT2D eigenvalue weighted by molar-refractivity contribution is 7.94. The van der Waals surface area contributed by atoms with E-state index in [2.05, 4.69) is 19.9 Å². The fourth-order valence-corrected chi connectivity index (χ4v) is 3.58. The predicted octanol–water partition coefficient (Wildman–Crippen LogP) is 0.686. The largest absolute Gasteiger partial charge is 0.374 e. The highest BCUT2D eigenvalue weighted by Gasteiger charge is 2.20. The molecule has 0 aliphatic carbocycles. The molecule has 86 valence electrons. The first kappa shape index (κ1) is 11.2. The molecule has 16 heavy (non-hydrogen) atoms. The molecule has 0 fully saturated rings. The summed E-state index contributed by atoms with van der Waals surface area (Å²) in [6, 6.07) is 0. The second kappa shape index (κ2) is 3.96. The predicted molar refractivity (Wildman–Crippen MR) is 62.0 cm³/mol. The summed E-state index contributed by atoms with van der Waals surface area (Å²) in [6.45, 7) is 1.83. The first-order valence-electron chi connectivity index (χ1n) is 4.01. The van der Waals surface area contributed by atoms with Crippen LogP contribution in [0.3, 0.4) is 0 Å². The van der Waals surface area contributed by atoms with Crippen LogP contribution in [0.1, 0.15) is 4.88 Å². The van der Waals surface area contributed by atoms with E-state index in [4.69, 9.17) is 5.73 Å². The maximum absolute atomic E-state index is 11.7. The lowest BCUT2D eigenvalue weighted by molar-refractivity contribution is 0.599. The second-order valence-corrected chi connectivity index (χ2v) is 6.89. The van der Waals surface area contributed by atoms with Crippen molar-refractivity contribution in [2.45, 2.75) is 11.3 Å². The van der Waals surface area contributed by atoms with Gasteiger partial charge in [0.2, 0.25) is 5.13 Å². The second-order valence-electron chi connectivity index (χ2n) is 2.79. The zero-order valence-corrected chi connectivity index (χ0v) is 10.5. The third kappa shape index (κ3) is 2.28. The molecule has 0 saturated heterocycles. The van der Waals surface area contributed by atoms with Crippen molar-refractivity contribution in [3.05, 3.63) is 11.1 Å². The van der Waals surface area contributed by atoms with Crippen molar-refractivity contribution < 1.29 is 8.42 Å². The van der Waals surface area contributed by atoms with Gasteiger partial charge in [0, 0.05) is 11.1 Å². The molecule has 0 saturated carbocycles. The summed E-state index contributed by atoms with van der Waals surface area (Å²) in [7, 11) is -3.72. The molecular formula is C6H7N5O2S3. The normalized spacial score (nSPS) is 11.6. The minimum absolute atomic E-state index is 0.107. The van der Waals surface area contributed by atoms with Crippen LogP contribution >= 0.6 is 22.7 Å². The van der Waals surface area contributed by atoms with Crippen LogP contribution in [-0.2, 0) is 10.0 Å². The number of nitrogen functional groups attached to an aromatic ring is 1. The van der Waals surface area contributed by atoms with Crippen molar-refractivity contribution >= 4 is 43.0 Å². The highest BCUT2D eigenvalue weighted by Crippen LogP contribution is 2.23. The van der Waals surface area contributed by atoms with E-state index in [-0.39, 0.29) is 9.47 Å². The quantitative estimate of drug-likeness (QED) is 0.853. The molecule has 2 rings (SSSR count). The molecule has 3 N–H and O–H groups in total. The monoisotopic (exact) mass is 277 g/mol. The third-order valence-electron chi connectivity index (χ3n) is 1.49. The number of nitrogens with zero attached hydrogens (tertiary/aromatic N) is 3. The number of thiazole rings is 1. The minimum Gasteiger partial charge on any atom is -0.374 e. The Balaban J connectivity index is 2.27. The number of rotatable bonds is 3. The molecule has 0 unspecified atom stereocenters. The summed E-state index contributed by atoms with van der Waals surface area (Å²) in [4.78, 5) is 4.80. The van der Waals surface area contributed by atoms with Gasteiger partial charge in [0.05, 0.1) is 0 Å². The maximum Gasteiger partial charge on any atom is 0.293 e. The number of anilines is 2. The van der Waals surface area contributed by atoms with E-state index in [0.717, 1.165) is 16.2 Å². The van der Waals surface area contributed by atoms with Crippen LogP contribution in [0, 0.1) is 6.92 Å². The van der Waals surface area contributed by atoms with Crippen LogP contribution < -0.4 is 10.5 Å². The van der Waals surface area contributed by atoms with E-state index in [1.54, 1.807) is 6.20 Å². The van der Waals surface area contributed by atoms with Crippen molar-refractivity contribution in [1.82, 2.24) is 15.2 Å². The molecule has 0 aliphatic rings. The molecule has 2 heterocycles. The molecule has 10 heteroatoms. The Bertz CT molecular complexity index is 601. The maximum atomic E-state index is 11.7. The summed E-state index contributed by atoms with van der Waals surface area (Å²) >= 11 is 2.04. The Kier molecular flexibility index (Phi) is 2.78. The zero-order chi connectivity index (χ0) is 11.8. The standard InChI is InChI=1S/C6H7N5O2S3/c1-3-2-8-5(14-3)11-16(12,13)6-10-9-4(7)15-6/h2H,1H3,(H2,7,9)(H,8,11). The first-order valence-corrected chi connectivity index (χ1v) is 7.13. The fraction of sp³-hybridized carbons (Fsp3) is 0.167. The summed E-state index contributed by atoms with van der Waals surface area (Å²) in [5.74, 6) is 0. The number of hydrogen-bond donors (Lipinski definition) is 2. The lowest BCUT2D eigenvalue weighted by Gasteiger charge is -1.99. The summed E-state index contributed by atoms with van der Waals surface area (Å²) < 4.78 is 25.6. The van der Waals surface area contributed by atoms with Crippen molar-refractivity contribution in [2.75, 3.05) is 10.5 Å². The Labute approximate surface area is 99.4 Å². The number of nitrogens with one attached hydrogen (secondary N) is 1. The van der Waals surface area contributed by atoms with E-state index < -0.39 is 10.0 Å². The van der Waals surface area contributed by atoms with Crippen LogP contribution in [-0.4, -0.2) is 23.6 Å². The Morgan fingerprint density at radius 1 is 1.38 bits per heavy atom. The Hall–Kier alpha value is -1.26. The molecule has 0 bridgehead atoms. The Morgan fingerprint density at radius 3 is 2.62 bits per heavy atom. The highest BCUT2D eigenvalue weighted by atomic mass is 32.2. The number of aryl methyl sites for hydroxylation is 1. The van der Waals surface area contributed by atoms with E-state index in [1.807, 2.05) is 6.92 Å². The molecule has 0 aromatic carbocycles. The van der Waals surface area contributed by atoms with Crippen LogP contribution in [0.15, 0.2) is 10.5 Å². The summed E-state index contributed by atoms with van der Waals surface area (Å²) in [5, 5.41) is 7.30. The molecule has 0 amide bonds. The van der Waals surface area contributed by atoms with Crippen LogP contribution in [0.25, 0.3) is 0 Å². The number of hydrogen-bond acceptors (Lipinski definition) is 8. The van der Waals surface area contributed by atoms with Gasteiger partial charge < -0.3 is 5.73 Å². The molecule has 2 aromatic rings. The van der Waals surface area contributed by atoms with Crippen molar-refractivity contribution in [3.8, 4) is 0 Å². The van der Waals surface area contributed by atoms with Gasteiger partial charge in [-0.05, 0) is 6.92 Å². The van der Waals surface area contributed by atoms with Gasteiger partial charge in [-0.1, -0.05) is 11.3 Å². The van der Waals surface area contributed by atoms with E-state index >= 15 is 0 Å². The molecule has 0 atom stereocenters. The van der Waals surface area contributed by atoms with Gasteiger partial charge in [-0.2, -0.15) is 8.42 Å². The van der Waals surface area contributed by atoms with E-state index in [9.17, 15) is 8.42 Å². The molecule has 0 radical (unpaired) electrons. The van der Waals surface area contributed by atoms with Crippen LogP contribution in [0.4, 0.5) is 10.3 Å². The molecule has 0 aliphatic heterocycles. The number of sulfonamides is 1. The van der Waals surface area contributed by atoms with E-state index in [0.29, 0.717) is 5.13 Å². The number of nitrogens with two attached hydrogens (primary N) is 1. The average Bonchev–Trinajstić information content (AvgIpc) is 2.75. The van der Waals surface area contributed by atoms with Gasteiger partial charge in [-0.15, -0.1) is 21.5 Å². The smallest absolute Gasteiger partial charge is 0.293 e. The van der Waals surface area contributed by atoms with Crippen molar-refractivity contribution in [1.29, 1.82) is 0 Å². The van der Waals surface area contributed by atoms with Crippen molar-refractivity contribution in [3.63, 3.8) is 0 Å². The number of aromatic nitrogens is 3. The lowest BCUT2D eigenvalue weighted by Crippen LogP contribution is -2.12. The lowest BCUT2D eigenvalue weighted by atomic mass is 10.7. The molecule has 7 nitrogen and oxygen atoms in total. The van der Waals surface area contributed by atoms with Gasteiger partial charge in [-0.3, -0.25) is 4.72 Å². The average molecular weight is 277 g/mol. The van der Waals surface area contributed by atoms with Gasteiger partial charge in [0.15, 0.2) is 5.13 Å². The molecule has 2 aromatic heterocycles. The molecule has 0 spiro atoms. The molecular weight excluding hydrogens is 270 g/mol. The van der Waals surface area contributed by atoms with Gasteiger partial charge in [-0.25, -0.2) is 4.98 Å². The summed E-state index contributed by atoms with van der Waals surface area (Å²) in [5.41, 5.74) is 5.31. The third-order valence-corrected chi connectivity index (χ3v) is 4.91. The SMILES string of the molecule is Cc1cnc(NS(=O)(=O)c2nnc(N)s2)s1. The summed E-state index contributed by atoms with van der Waals surface area (Å²) in [6.07, 6.45) is 1.58. The zero-order valence-electron chi connectivity index (χ0n) is 8.04. The van der Waals surface area contributed by atoms with Gasteiger partial charge >= 0.3 is 0 Å². The van der Waals surface area contributed by atoms with E-state index in [1.165, 1.54) is 11.3 Å². The van der Waals surface area contributed by atoms with Crippen LogP contribution in [0.5, 0.6) is 0 Å². The first-order chi connectivity index (χ1) is 7.47. The van der Waals surface area contributed by atoms with Gasteiger partial charge in [0.1, 0.15) is 0 Å². The van der Waals surface area contributed by atoms with Crippen molar-refractivity contribution in [2.24, 2.45) is 0 Å². The van der Waals surface area contributed by atoms with Crippen LogP contribution in [0.2, 0.25) is 0 Å². The minimum atomic E-state index is -3.72.